The van der Waals surface area contributed by atoms with Gasteiger partial charge in [0.05, 0.1) is 6.61 Å². The van der Waals surface area contributed by atoms with Crippen LogP contribution < -0.4 is 0 Å². The molecule has 1 aromatic carbocycles. The quantitative estimate of drug-likeness (QED) is 0.776. The first-order valence-electron chi connectivity index (χ1n) is 5.23. The summed E-state index contributed by atoms with van der Waals surface area (Å²) in [7, 11) is 0. The molecule has 16 heavy (non-hydrogen) atoms. The zero-order chi connectivity index (χ0) is 11.6. The Morgan fingerprint density at radius 3 is 2.50 bits per heavy atom. The van der Waals surface area contributed by atoms with E-state index in [9.17, 15) is 8.78 Å². The van der Waals surface area contributed by atoms with Crippen LogP contribution in [0.1, 0.15) is 12.0 Å². The first-order valence-corrected chi connectivity index (χ1v) is 6.36. The smallest absolute Gasteiger partial charge is 0.129 e. The zero-order valence-corrected chi connectivity index (χ0v) is 10.4. The van der Waals surface area contributed by atoms with E-state index in [2.05, 4.69) is 15.9 Å². The van der Waals surface area contributed by atoms with Gasteiger partial charge in [-0.15, -0.1) is 0 Å². The van der Waals surface area contributed by atoms with Crippen LogP contribution in [0.4, 0.5) is 8.78 Å². The highest BCUT2D eigenvalue weighted by Gasteiger charge is 2.35. The standard InChI is InChI=1S/C12H13BrF2O/c13-7-12(4-5-16-8-12)6-9-10(14)2-1-3-11(9)15/h1-3H,4-8H2. The van der Waals surface area contributed by atoms with Crippen LogP contribution in [0.5, 0.6) is 0 Å². The van der Waals surface area contributed by atoms with Crippen LogP contribution in [0.3, 0.4) is 0 Å². The summed E-state index contributed by atoms with van der Waals surface area (Å²) in [6, 6.07) is 3.99. The van der Waals surface area contributed by atoms with Crippen molar-refractivity contribution < 1.29 is 13.5 Å². The third kappa shape index (κ3) is 2.28. The van der Waals surface area contributed by atoms with Crippen LogP contribution in [-0.4, -0.2) is 18.5 Å². The van der Waals surface area contributed by atoms with Gasteiger partial charge >= 0.3 is 0 Å². The van der Waals surface area contributed by atoms with Crippen LogP contribution in [0.2, 0.25) is 0 Å². The Morgan fingerprint density at radius 1 is 1.31 bits per heavy atom. The SMILES string of the molecule is Fc1cccc(F)c1CC1(CBr)CCOC1. The van der Waals surface area contributed by atoms with Gasteiger partial charge in [0, 0.05) is 22.9 Å². The number of halogens is 3. The highest BCUT2D eigenvalue weighted by atomic mass is 79.9. The Morgan fingerprint density at radius 2 is 2.00 bits per heavy atom. The predicted octanol–water partition coefficient (Wildman–Crippen LogP) is 3.31. The summed E-state index contributed by atoms with van der Waals surface area (Å²) in [5.74, 6) is -0.931. The van der Waals surface area contributed by atoms with Gasteiger partial charge in [0.1, 0.15) is 11.6 Å². The molecule has 0 N–H and O–H groups in total. The molecule has 0 bridgehead atoms. The van der Waals surface area contributed by atoms with E-state index in [4.69, 9.17) is 4.74 Å². The summed E-state index contributed by atoms with van der Waals surface area (Å²) in [5.41, 5.74) is 0.00991. The van der Waals surface area contributed by atoms with E-state index in [0.29, 0.717) is 25.0 Å². The summed E-state index contributed by atoms with van der Waals surface area (Å²) in [4.78, 5) is 0. The molecule has 1 atom stereocenters. The van der Waals surface area contributed by atoms with Crippen molar-refractivity contribution in [3.63, 3.8) is 0 Å². The molecule has 0 saturated carbocycles. The van der Waals surface area contributed by atoms with Crippen molar-refractivity contribution in [3.05, 3.63) is 35.4 Å². The summed E-state index contributed by atoms with van der Waals surface area (Å²) in [6.45, 7) is 1.23. The van der Waals surface area contributed by atoms with Crippen molar-refractivity contribution in [2.75, 3.05) is 18.5 Å². The van der Waals surface area contributed by atoms with Gasteiger partial charge in [0.2, 0.25) is 0 Å². The Hall–Kier alpha value is -0.480. The molecule has 0 amide bonds. The molecule has 1 unspecified atom stereocenters. The largest absolute Gasteiger partial charge is 0.381 e. The van der Waals surface area contributed by atoms with Gasteiger partial charge in [-0.3, -0.25) is 0 Å². The fourth-order valence-corrected chi connectivity index (χ4v) is 2.66. The lowest BCUT2D eigenvalue weighted by molar-refractivity contribution is 0.161. The molecule has 0 aromatic heterocycles. The Labute approximate surface area is 102 Å². The van der Waals surface area contributed by atoms with E-state index < -0.39 is 11.6 Å². The van der Waals surface area contributed by atoms with Crippen LogP contribution in [0.15, 0.2) is 18.2 Å². The molecule has 1 aliphatic rings. The third-order valence-electron chi connectivity index (χ3n) is 3.08. The van der Waals surface area contributed by atoms with E-state index in [1.165, 1.54) is 18.2 Å². The summed E-state index contributed by atoms with van der Waals surface area (Å²) < 4.78 is 32.4. The molecule has 1 aliphatic heterocycles. The molecule has 1 saturated heterocycles. The Balaban J connectivity index is 2.25. The minimum Gasteiger partial charge on any atom is -0.381 e. The Bertz CT molecular complexity index is 355. The maximum Gasteiger partial charge on any atom is 0.129 e. The number of alkyl halides is 1. The Kier molecular flexibility index (Phi) is 3.60. The second-order valence-corrected chi connectivity index (χ2v) is 4.87. The normalized spacial score (nSPS) is 24.9. The van der Waals surface area contributed by atoms with Gasteiger partial charge in [0.25, 0.3) is 0 Å². The lowest BCUT2D eigenvalue weighted by atomic mass is 9.83. The van der Waals surface area contributed by atoms with Gasteiger partial charge < -0.3 is 4.74 Å². The number of hydrogen-bond acceptors (Lipinski definition) is 1. The lowest BCUT2D eigenvalue weighted by Gasteiger charge is -2.25. The second-order valence-electron chi connectivity index (χ2n) is 4.31. The molecule has 2 rings (SSSR count). The van der Waals surface area contributed by atoms with Gasteiger partial charge in [-0.05, 0) is 25.0 Å². The molecule has 0 spiro atoms. The van der Waals surface area contributed by atoms with Gasteiger partial charge in [-0.1, -0.05) is 22.0 Å². The molecular weight excluding hydrogens is 278 g/mol. The minimum atomic E-state index is -0.466. The van der Waals surface area contributed by atoms with Crippen molar-refractivity contribution >= 4 is 15.9 Å². The van der Waals surface area contributed by atoms with E-state index >= 15 is 0 Å². The van der Waals surface area contributed by atoms with Crippen molar-refractivity contribution in [2.45, 2.75) is 12.8 Å². The van der Waals surface area contributed by atoms with E-state index in [0.717, 1.165) is 6.42 Å². The number of ether oxygens (including phenoxy) is 1. The van der Waals surface area contributed by atoms with Crippen LogP contribution >= 0.6 is 15.9 Å². The summed E-state index contributed by atoms with van der Waals surface area (Å²) in [5, 5.41) is 0.702. The van der Waals surface area contributed by atoms with Crippen molar-refractivity contribution in [3.8, 4) is 0 Å². The predicted molar refractivity (Wildman–Crippen MR) is 61.7 cm³/mol. The van der Waals surface area contributed by atoms with Gasteiger partial charge in [-0.25, -0.2) is 8.78 Å². The average Bonchev–Trinajstić information content (AvgIpc) is 2.73. The summed E-state index contributed by atoms with van der Waals surface area (Å²) in [6.07, 6.45) is 1.22. The van der Waals surface area contributed by atoms with Gasteiger partial charge in [0.15, 0.2) is 0 Å². The van der Waals surface area contributed by atoms with Crippen LogP contribution in [0, 0.1) is 17.0 Å². The van der Waals surface area contributed by atoms with Crippen molar-refractivity contribution in [1.29, 1.82) is 0 Å². The monoisotopic (exact) mass is 290 g/mol. The lowest BCUT2D eigenvalue weighted by Crippen LogP contribution is -2.27. The molecule has 1 aromatic rings. The average molecular weight is 291 g/mol. The zero-order valence-electron chi connectivity index (χ0n) is 8.81. The highest BCUT2D eigenvalue weighted by molar-refractivity contribution is 9.09. The summed E-state index contributed by atoms with van der Waals surface area (Å²) >= 11 is 3.42. The number of hydrogen-bond donors (Lipinski definition) is 0. The molecule has 1 nitrogen and oxygen atoms in total. The molecule has 1 fully saturated rings. The van der Waals surface area contributed by atoms with Crippen LogP contribution in [-0.2, 0) is 11.2 Å². The fourth-order valence-electron chi connectivity index (χ4n) is 2.02. The van der Waals surface area contributed by atoms with Gasteiger partial charge in [-0.2, -0.15) is 0 Å². The minimum absolute atomic E-state index is 0.164. The maximum absolute atomic E-state index is 13.5. The molecule has 0 aliphatic carbocycles. The van der Waals surface area contributed by atoms with Crippen LogP contribution in [0.25, 0.3) is 0 Å². The fraction of sp³-hybridized carbons (Fsp3) is 0.500. The number of benzene rings is 1. The van der Waals surface area contributed by atoms with E-state index in [-0.39, 0.29) is 11.0 Å². The molecule has 88 valence electrons. The molecular formula is C12H13BrF2O. The van der Waals surface area contributed by atoms with Crippen molar-refractivity contribution in [2.24, 2.45) is 5.41 Å². The molecule has 4 heteroatoms. The van der Waals surface area contributed by atoms with E-state index in [1.54, 1.807) is 0 Å². The van der Waals surface area contributed by atoms with E-state index in [1.807, 2.05) is 0 Å². The third-order valence-corrected chi connectivity index (χ3v) is 4.27. The first kappa shape index (κ1) is 12.0. The first-order chi connectivity index (χ1) is 7.67. The molecule has 0 radical (unpaired) electrons. The number of rotatable bonds is 3. The maximum atomic E-state index is 13.5. The highest BCUT2D eigenvalue weighted by Crippen LogP contribution is 2.35. The van der Waals surface area contributed by atoms with Crippen molar-refractivity contribution in [1.82, 2.24) is 0 Å². The molecule has 1 heterocycles. The topological polar surface area (TPSA) is 9.23 Å². The second kappa shape index (κ2) is 4.80.